The van der Waals surface area contributed by atoms with Crippen LogP contribution in [0.1, 0.15) is 5.56 Å². The van der Waals surface area contributed by atoms with Crippen LogP contribution in [0, 0.1) is 5.82 Å². The van der Waals surface area contributed by atoms with Gasteiger partial charge in [-0.05, 0) is 12.1 Å². The molecule has 0 aliphatic rings. The van der Waals surface area contributed by atoms with Gasteiger partial charge in [-0.3, -0.25) is 5.43 Å². The molecule has 4 aromatic rings. The van der Waals surface area contributed by atoms with Crippen molar-refractivity contribution in [2.45, 2.75) is 0 Å². The van der Waals surface area contributed by atoms with Crippen LogP contribution in [0.25, 0.3) is 16.4 Å². The summed E-state index contributed by atoms with van der Waals surface area (Å²) in [5, 5.41) is 18.3. The fourth-order valence-corrected chi connectivity index (χ4v) is 2.61. The first-order valence-corrected chi connectivity index (χ1v) is 7.43. The second-order valence-electron chi connectivity index (χ2n) is 5.00. The second kappa shape index (κ2) is 5.86. The van der Waals surface area contributed by atoms with Crippen molar-refractivity contribution in [3.63, 3.8) is 0 Å². The van der Waals surface area contributed by atoms with Crippen molar-refractivity contribution in [2.75, 3.05) is 5.43 Å². The molecule has 0 fully saturated rings. The fourth-order valence-electron chi connectivity index (χ4n) is 2.40. The van der Waals surface area contributed by atoms with Gasteiger partial charge in [0.15, 0.2) is 11.5 Å². The van der Waals surface area contributed by atoms with Crippen LogP contribution in [0.2, 0.25) is 5.02 Å². The van der Waals surface area contributed by atoms with Crippen molar-refractivity contribution in [1.29, 1.82) is 0 Å². The maximum atomic E-state index is 13.8. The van der Waals surface area contributed by atoms with E-state index in [9.17, 15) is 4.39 Å². The van der Waals surface area contributed by atoms with Gasteiger partial charge in [0, 0.05) is 16.3 Å². The molecule has 0 atom stereocenters. The van der Waals surface area contributed by atoms with Crippen LogP contribution in [0.15, 0.2) is 53.9 Å². The highest BCUT2D eigenvalue weighted by Gasteiger charge is 2.09. The summed E-state index contributed by atoms with van der Waals surface area (Å²) in [4.78, 5) is 0. The van der Waals surface area contributed by atoms with Gasteiger partial charge >= 0.3 is 0 Å². The minimum Gasteiger partial charge on any atom is -0.259 e. The largest absolute Gasteiger partial charge is 0.259 e. The molecule has 0 saturated heterocycles. The molecule has 2 aromatic carbocycles. The zero-order chi connectivity index (χ0) is 16.5. The van der Waals surface area contributed by atoms with Gasteiger partial charge in [0.05, 0.1) is 11.2 Å². The van der Waals surface area contributed by atoms with Crippen LogP contribution >= 0.6 is 11.6 Å². The number of hydrogen-bond donors (Lipinski definition) is 1. The summed E-state index contributed by atoms with van der Waals surface area (Å²) in [7, 11) is 0. The third-order valence-electron chi connectivity index (χ3n) is 3.53. The van der Waals surface area contributed by atoms with Crippen LogP contribution in [0.4, 0.5) is 10.2 Å². The predicted molar refractivity (Wildman–Crippen MR) is 90.9 cm³/mol. The molecule has 0 amide bonds. The highest BCUT2D eigenvalue weighted by Crippen LogP contribution is 2.24. The van der Waals surface area contributed by atoms with Gasteiger partial charge < -0.3 is 0 Å². The lowest BCUT2D eigenvalue weighted by Crippen LogP contribution is -2.01. The van der Waals surface area contributed by atoms with E-state index in [0.29, 0.717) is 11.5 Å². The Hall–Kier alpha value is -3.06. The predicted octanol–water partition coefficient (Wildman–Crippen LogP) is 3.52. The van der Waals surface area contributed by atoms with E-state index in [0.717, 1.165) is 10.8 Å². The van der Waals surface area contributed by atoms with Gasteiger partial charge in [0.25, 0.3) is 0 Å². The Morgan fingerprint density at radius 1 is 1.12 bits per heavy atom. The topological polar surface area (TPSA) is 67.5 Å². The third kappa shape index (κ3) is 2.44. The fraction of sp³-hybridized carbons (Fsp3) is 0. The smallest absolute Gasteiger partial charge is 0.185 e. The van der Waals surface area contributed by atoms with E-state index in [-0.39, 0.29) is 10.6 Å². The monoisotopic (exact) mass is 340 g/mol. The summed E-state index contributed by atoms with van der Waals surface area (Å²) >= 11 is 5.97. The van der Waals surface area contributed by atoms with E-state index >= 15 is 0 Å². The molecule has 2 heterocycles. The number of halogens is 2. The molecular weight excluding hydrogens is 331 g/mol. The summed E-state index contributed by atoms with van der Waals surface area (Å²) < 4.78 is 15.3. The number of nitrogens with one attached hydrogen (secondary N) is 1. The molecule has 8 heteroatoms. The first-order valence-electron chi connectivity index (χ1n) is 7.06. The highest BCUT2D eigenvalue weighted by atomic mass is 35.5. The zero-order valence-corrected chi connectivity index (χ0v) is 12.9. The number of anilines is 1. The number of benzene rings is 2. The number of hydrogen-bond acceptors (Lipinski definition) is 5. The molecule has 0 aliphatic carbocycles. The Balaban J connectivity index is 1.75. The van der Waals surface area contributed by atoms with E-state index in [4.69, 9.17) is 11.6 Å². The Labute approximate surface area is 140 Å². The highest BCUT2D eigenvalue weighted by molar-refractivity contribution is 6.33. The summed E-state index contributed by atoms with van der Waals surface area (Å²) in [5.74, 6) is 0.0572. The first kappa shape index (κ1) is 14.5. The maximum absolute atomic E-state index is 13.8. The first-order chi connectivity index (χ1) is 11.7. The van der Waals surface area contributed by atoms with Gasteiger partial charge in [-0.15, -0.1) is 15.3 Å². The molecule has 0 saturated carbocycles. The van der Waals surface area contributed by atoms with Gasteiger partial charge in [-0.25, -0.2) is 4.39 Å². The molecule has 118 valence electrons. The average molecular weight is 341 g/mol. The van der Waals surface area contributed by atoms with Crippen molar-refractivity contribution in [2.24, 2.45) is 5.10 Å². The number of fused-ring (bicyclic) bond motifs is 3. The summed E-state index contributed by atoms with van der Waals surface area (Å²) in [6.07, 6.45) is 2.83. The van der Waals surface area contributed by atoms with E-state index in [2.05, 4.69) is 25.8 Å². The quantitative estimate of drug-likeness (QED) is 0.458. The van der Waals surface area contributed by atoms with Crippen molar-refractivity contribution < 1.29 is 4.39 Å². The Bertz CT molecular complexity index is 1050. The van der Waals surface area contributed by atoms with Crippen LogP contribution in [-0.4, -0.2) is 26.0 Å². The number of hydrazone groups is 1. The summed E-state index contributed by atoms with van der Waals surface area (Å²) in [6, 6.07) is 12.1. The van der Waals surface area contributed by atoms with Crippen LogP contribution < -0.4 is 5.43 Å². The minimum absolute atomic E-state index is 0.210. The minimum atomic E-state index is -0.444. The van der Waals surface area contributed by atoms with E-state index in [1.165, 1.54) is 24.7 Å². The van der Waals surface area contributed by atoms with Gasteiger partial charge in [-0.1, -0.05) is 41.9 Å². The Morgan fingerprint density at radius 3 is 2.79 bits per heavy atom. The second-order valence-corrected chi connectivity index (χ2v) is 5.41. The van der Waals surface area contributed by atoms with Crippen LogP contribution in [-0.2, 0) is 0 Å². The van der Waals surface area contributed by atoms with E-state index < -0.39 is 5.82 Å². The number of rotatable bonds is 3. The van der Waals surface area contributed by atoms with Gasteiger partial charge in [0.1, 0.15) is 12.1 Å². The third-order valence-corrected chi connectivity index (χ3v) is 3.85. The van der Waals surface area contributed by atoms with Gasteiger partial charge in [-0.2, -0.15) is 9.62 Å². The molecule has 24 heavy (non-hydrogen) atoms. The Kier molecular flexibility index (Phi) is 3.55. The molecule has 2 aromatic heterocycles. The van der Waals surface area contributed by atoms with Crippen LogP contribution in [0.5, 0.6) is 0 Å². The van der Waals surface area contributed by atoms with E-state index in [1.54, 1.807) is 10.6 Å². The lowest BCUT2D eigenvalue weighted by Gasteiger charge is -2.06. The molecule has 0 bridgehead atoms. The van der Waals surface area contributed by atoms with Crippen LogP contribution in [0.3, 0.4) is 0 Å². The molecule has 1 N–H and O–H groups in total. The molecule has 0 spiro atoms. The van der Waals surface area contributed by atoms with Crippen molar-refractivity contribution >= 4 is 40.1 Å². The lowest BCUT2D eigenvalue weighted by molar-refractivity contribution is 0.626. The number of aromatic nitrogens is 4. The Morgan fingerprint density at radius 2 is 1.96 bits per heavy atom. The zero-order valence-electron chi connectivity index (χ0n) is 12.2. The molecule has 0 radical (unpaired) electrons. The van der Waals surface area contributed by atoms with Crippen molar-refractivity contribution in [3.05, 3.63) is 65.2 Å². The average Bonchev–Trinajstić information content (AvgIpc) is 3.06. The SMILES string of the molecule is Fc1cccc(Cl)c1C=NNc1nn2cnnc2c2ccccc12. The van der Waals surface area contributed by atoms with Crippen molar-refractivity contribution in [3.8, 4) is 0 Å². The molecule has 6 nitrogen and oxygen atoms in total. The molecule has 0 aliphatic heterocycles. The van der Waals surface area contributed by atoms with Gasteiger partial charge in [0.2, 0.25) is 0 Å². The summed E-state index contributed by atoms with van der Waals surface area (Å²) in [5.41, 5.74) is 3.69. The number of nitrogens with zero attached hydrogens (tertiary/aromatic N) is 5. The molecular formula is C16H10ClFN6. The lowest BCUT2D eigenvalue weighted by atomic mass is 10.2. The van der Waals surface area contributed by atoms with Crippen molar-refractivity contribution in [1.82, 2.24) is 19.8 Å². The molecule has 4 rings (SSSR count). The molecule has 0 unspecified atom stereocenters. The maximum Gasteiger partial charge on any atom is 0.185 e. The summed E-state index contributed by atoms with van der Waals surface area (Å²) in [6.45, 7) is 0. The standard InChI is InChI=1S/C16H10ClFN6/c17-13-6-3-7-14(18)12(13)8-19-21-15-10-4-1-2-5-11(10)16-22-20-9-24(16)23-15/h1-9H,(H,21,23). The van der Waals surface area contributed by atoms with E-state index in [1.807, 2.05) is 24.3 Å². The normalized spacial score (nSPS) is 11.6.